The maximum atomic E-state index is 13.2. The second-order valence-electron chi connectivity index (χ2n) is 22.3. The highest BCUT2D eigenvalue weighted by molar-refractivity contribution is 7.90. The quantitative estimate of drug-likeness (QED) is 0.0474. The van der Waals surface area contributed by atoms with Gasteiger partial charge in [0.25, 0.3) is 20.0 Å². The third kappa shape index (κ3) is 15.9. The van der Waals surface area contributed by atoms with Gasteiger partial charge in [-0.25, -0.2) is 54.7 Å². The van der Waals surface area contributed by atoms with Crippen LogP contribution in [-0.4, -0.2) is 152 Å². The van der Waals surface area contributed by atoms with E-state index in [0.717, 1.165) is 97.5 Å². The first kappa shape index (κ1) is 65.4. The fourth-order valence-electron chi connectivity index (χ4n) is 11.1. The van der Waals surface area contributed by atoms with Crippen molar-refractivity contribution >= 4 is 129 Å². The van der Waals surface area contributed by atoms with Gasteiger partial charge in [-0.05, 0) is 138 Å². The lowest BCUT2D eigenvalue weighted by Crippen LogP contribution is -2.47. The van der Waals surface area contributed by atoms with E-state index < -0.39 is 20.0 Å². The Kier molecular flexibility index (Phi) is 21.2. The molecule has 0 radical (unpaired) electrons. The number of rotatable bonds is 16. The van der Waals surface area contributed by atoms with Crippen LogP contribution in [0.15, 0.2) is 163 Å². The van der Waals surface area contributed by atoms with Crippen molar-refractivity contribution < 1.29 is 26.4 Å². The molecule has 0 aliphatic carbocycles. The topological polar surface area (TPSA) is 284 Å². The van der Waals surface area contributed by atoms with E-state index in [1.807, 2.05) is 72.3 Å². The van der Waals surface area contributed by atoms with Gasteiger partial charge in [-0.1, -0.05) is 70.7 Å². The number of aromatic nitrogens is 9. The van der Waals surface area contributed by atoms with Crippen LogP contribution in [0.1, 0.15) is 49.7 Å². The third-order valence-electron chi connectivity index (χ3n) is 15.8. The first-order valence-electron chi connectivity index (χ1n) is 29.7. The van der Waals surface area contributed by atoms with Gasteiger partial charge in [0, 0.05) is 90.9 Å². The van der Waals surface area contributed by atoms with E-state index in [-0.39, 0.29) is 65.2 Å². The molecule has 3 aliphatic heterocycles. The van der Waals surface area contributed by atoms with E-state index in [1.54, 1.807) is 85.3 Å². The summed E-state index contributed by atoms with van der Waals surface area (Å²) in [5.74, 6) is 2.09. The summed E-state index contributed by atoms with van der Waals surface area (Å²) in [5.41, 5.74) is 5.11. The highest BCUT2D eigenvalue weighted by Crippen LogP contribution is 2.29. The predicted molar refractivity (Wildman–Crippen MR) is 360 cm³/mol. The highest BCUT2D eigenvalue weighted by Gasteiger charge is 2.28. The van der Waals surface area contributed by atoms with Gasteiger partial charge in [0.05, 0.1) is 39.0 Å². The molecule has 0 unspecified atom stereocenters. The van der Waals surface area contributed by atoms with Crippen LogP contribution in [0.2, 0.25) is 10.0 Å². The van der Waals surface area contributed by atoms with Crippen LogP contribution in [0.25, 0.3) is 33.1 Å². The predicted octanol–water partition coefficient (Wildman–Crippen LogP) is 9.83. The number of amides is 2. The van der Waals surface area contributed by atoms with Crippen LogP contribution in [0.4, 0.5) is 28.8 Å². The number of hydrogen-bond acceptors (Lipinski definition) is 18. The number of carbonyl (C=O) groups is 2. The van der Waals surface area contributed by atoms with Crippen LogP contribution >= 0.6 is 35.6 Å². The number of carbonyl (C=O) groups excluding carboxylic acids is 2. The maximum absolute atomic E-state index is 13.2. The van der Waals surface area contributed by atoms with Crippen molar-refractivity contribution in [3.05, 3.63) is 174 Å². The summed E-state index contributed by atoms with van der Waals surface area (Å²) in [4.78, 5) is 58.4. The van der Waals surface area contributed by atoms with E-state index in [9.17, 15) is 26.4 Å². The van der Waals surface area contributed by atoms with E-state index in [0.29, 0.717) is 63.4 Å². The molecule has 23 nitrogen and oxygen atoms in total. The number of benzene rings is 4. The number of aryl methyl sites for hydroxylation is 2. The Morgan fingerprint density at radius 1 is 0.549 bits per heavy atom. The molecule has 0 saturated carbocycles. The zero-order valence-corrected chi connectivity index (χ0v) is 53.9. The molecule has 10 aromatic rings. The minimum Gasteiger partial charge on any atom is -0.376 e. The molecule has 6 aromatic heterocycles. The summed E-state index contributed by atoms with van der Waals surface area (Å²) in [6.45, 7) is 8.78. The molecule has 9 heterocycles. The van der Waals surface area contributed by atoms with Crippen LogP contribution in [0.3, 0.4) is 0 Å². The molecule has 3 fully saturated rings. The molecule has 476 valence electrons. The number of halogens is 3. The van der Waals surface area contributed by atoms with Gasteiger partial charge < -0.3 is 46.7 Å². The van der Waals surface area contributed by atoms with Gasteiger partial charge in [-0.15, -0.1) is 12.4 Å². The van der Waals surface area contributed by atoms with E-state index in [4.69, 9.17) is 23.2 Å². The molecule has 3 atom stereocenters. The summed E-state index contributed by atoms with van der Waals surface area (Å²) in [6.07, 6.45) is 15.0. The number of nitrogens with zero attached hydrogens (tertiary/aromatic N) is 10. The van der Waals surface area contributed by atoms with E-state index in [1.165, 1.54) is 26.8 Å². The van der Waals surface area contributed by atoms with Crippen molar-refractivity contribution in [1.29, 1.82) is 0 Å². The summed E-state index contributed by atoms with van der Waals surface area (Å²) < 4.78 is 54.9. The lowest BCUT2D eigenvalue weighted by Gasteiger charge is -2.33. The zero-order valence-electron chi connectivity index (χ0n) is 50.0. The van der Waals surface area contributed by atoms with Gasteiger partial charge in [0.15, 0.2) is 11.3 Å². The number of fused-ring (bicyclic) bond motifs is 3. The minimum absolute atomic E-state index is 0. The Labute approximate surface area is 543 Å². The fourth-order valence-corrected chi connectivity index (χ4v) is 14.1. The summed E-state index contributed by atoms with van der Waals surface area (Å²) in [7, 11) is -7.51. The molecular formula is C63H70Cl3N17O6S2. The average Bonchev–Trinajstić information content (AvgIpc) is 1.76. The first-order valence-corrected chi connectivity index (χ1v) is 33.3. The molecule has 7 N–H and O–H groups in total. The average molecular weight is 1330 g/mol. The van der Waals surface area contributed by atoms with Crippen molar-refractivity contribution in [3.8, 4) is 0 Å². The molecule has 91 heavy (non-hydrogen) atoms. The highest BCUT2D eigenvalue weighted by atomic mass is 35.5. The largest absolute Gasteiger partial charge is 0.376 e. The van der Waals surface area contributed by atoms with Crippen molar-refractivity contribution in [2.75, 3.05) is 78.9 Å². The molecule has 3 saturated heterocycles. The van der Waals surface area contributed by atoms with Crippen LogP contribution in [-0.2, 0) is 29.6 Å². The number of piperidine rings is 3. The van der Waals surface area contributed by atoms with Crippen LogP contribution in [0, 0.1) is 13.8 Å². The van der Waals surface area contributed by atoms with Gasteiger partial charge >= 0.3 is 0 Å². The van der Waals surface area contributed by atoms with Crippen molar-refractivity contribution in [2.45, 2.75) is 80.3 Å². The SMILES string of the molecule is Cc1ccc(S(=O)(=O)n2ccc3c(N[C@H]4CCCN(C(=O)CNc5cccc(Cl)c5)C4)ncnc32)cc1.Cc1ccc(S(=O)(=O)n2ccc3c(N[C@H]4CCCNC4)ncnc32)cc1.Cl.O=C(CNc1cccc(Cl)c1)N1CCC[C@H](Nc2ncnc3[nH]ccc23)C1. The molecule has 3 aliphatic rings. The second-order valence-corrected chi connectivity index (χ2v) is 26.8. The Morgan fingerprint density at radius 3 is 1.46 bits per heavy atom. The number of hydrogen-bond donors (Lipinski definition) is 7. The summed E-state index contributed by atoms with van der Waals surface area (Å²) in [6, 6.07) is 34.0. The van der Waals surface area contributed by atoms with E-state index in [2.05, 4.69) is 66.8 Å². The summed E-state index contributed by atoms with van der Waals surface area (Å²) >= 11 is 12.0. The molecule has 0 bridgehead atoms. The number of aromatic amines is 1. The number of nitrogens with one attached hydrogen (secondary N) is 7. The molecule has 2 amide bonds. The molecule has 0 spiro atoms. The van der Waals surface area contributed by atoms with Gasteiger partial charge in [0.1, 0.15) is 42.1 Å². The smallest absolute Gasteiger partial charge is 0.269 e. The zero-order chi connectivity index (χ0) is 62.8. The standard InChI is InChI=1S/C26H27ClN6O3S.C19H21ClN6O.C18H21N5O2S.ClH/c1-18-7-9-22(10-8-18)37(35,36)33-13-11-23-25(29-17-30-26(23)33)31-21-6-3-12-32(16-21)24(34)15-28-20-5-2-4-19(27)14-20;20-13-3-1-4-14(9-13)22-10-17(27)26-8-2-5-15(11-26)25-19-16-6-7-21-18(16)23-12-24-19;1-13-4-6-15(7-5-13)26(24,25)23-10-8-16-17(20-12-21-18(16)23)22-14-3-2-9-19-11-14;/h2,4-5,7-11,13-14,17,21,28H,3,6,12,15-16H2,1H3,(H,29,30,31);1,3-4,6-7,9,12,15,22H,2,5,8,10-11H2,(H2,21,23,24,25);4-8,10,12,14,19H,2-3,9,11H2,1H3,(H,20,21,22);1H/t21-;15-;14-;/m000./s1. The van der Waals surface area contributed by atoms with Gasteiger partial charge in [-0.2, -0.15) is 0 Å². The molecule has 4 aromatic carbocycles. The maximum Gasteiger partial charge on any atom is 0.269 e. The van der Waals surface area contributed by atoms with Crippen LogP contribution < -0.4 is 31.9 Å². The lowest BCUT2D eigenvalue weighted by atomic mass is 10.1. The second kappa shape index (κ2) is 29.6. The van der Waals surface area contributed by atoms with Crippen LogP contribution in [0.5, 0.6) is 0 Å². The Balaban J connectivity index is 0.000000152. The molecular weight excluding hydrogens is 1260 g/mol. The van der Waals surface area contributed by atoms with Gasteiger partial charge in [-0.3, -0.25) is 9.59 Å². The minimum atomic E-state index is -3.81. The number of anilines is 5. The third-order valence-corrected chi connectivity index (χ3v) is 19.6. The van der Waals surface area contributed by atoms with Crippen molar-refractivity contribution in [1.82, 2.24) is 57.9 Å². The normalized spacial score (nSPS) is 16.8. The Bertz CT molecular complexity index is 4380. The van der Waals surface area contributed by atoms with Crippen molar-refractivity contribution in [3.63, 3.8) is 0 Å². The first-order chi connectivity index (χ1) is 43.5. The number of H-pyrrole nitrogens is 1. The van der Waals surface area contributed by atoms with Gasteiger partial charge in [0.2, 0.25) is 11.8 Å². The monoisotopic (exact) mass is 1330 g/mol. The van der Waals surface area contributed by atoms with E-state index >= 15 is 0 Å². The van der Waals surface area contributed by atoms with Crippen molar-refractivity contribution in [2.24, 2.45) is 0 Å². The number of likely N-dealkylation sites (tertiary alicyclic amines) is 2. The Morgan fingerprint density at radius 2 is 1.00 bits per heavy atom. The Hall–Kier alpha value is -8.59. The molecule has 13 rings (SSSR count). The summed E-state index contributed by atoms with van der Waals surface area (Å²) in [5, 5.41) is 23.4. The fraction of sp³-hybridized carbons (Fsp3) is 0.302. The lowest BCUT2D eigenvalue weighted by molar-refractivity contribution is -0.131. The molecule has 28 heteroatoms.